The van der Waals surface area contributed by atoms with Gasteiger partial charge in [0.1, 0.15) is 0 Å². The molecule has 28 heavy (non-hydrogen) atoms. The second kappa shape index (κ2) is 11.1. The summed E-state index contributed by atoms with van der Waals surface area (Å²) in [6, 6.07) is 5.95. The van der Waals surface area contributed by atoms with Crippen LogP contribution >= 0.6 is 35.0 Å². The third kappa shape index (κ3) is 6.25. The van der Waals surface area contributed by atoms with E-state index in [0.717, 1.165) is 34.7 Å². The van der Waals surface area contributed by atoms with Gasteiger partial charge in [0.15, 0.2) is 5.17 Å². The normalized spacial score (nSPS) is 16.8. The molecule has 1 heterocycles. The van der Waals surface area contributed by atoms with Crippen molar-refractivity contribution in [3.63, 3.8) is 0 Å². The molecule has 0 atom stereocenters. The summed E-state index contributed by atoms with van der Waals surface area (Å²) in [4.78, 5) is 25.3. The molecule has 1 aromatic carbocycles. The van der Waals surface area contributed by atoms with E-state index in [-0.39, 0.29) is 4.91 Å². The molecule has 1 saturated heterocycles. The first-order valence-electron chi connectivity index (χ1n) is 8.36. The van der Waals surface area contributed by atoms with E-state index in [9.17, 15) is 9.59 Å². The van der Waals surface area contributed by atoms with Crippen LogP contribution in [0.25, 0.3) is 0 Å². The number of halogens is 2. The smallest absolute Gasteiger partial charge is 0.331 e. The molecule has 7 nitrogen and oxygen atoms in total. The molecule has 1 amide bonds. The number of thioether (sulfide) groups is 1. The second-order valence-electron chi connectivity index (χ2n) is 5.64. The summed E-state index contributed by atoms with van der Waals surface area (Å²) in [5.41, 5.74) is 2.95. The van der Waals surface area contributed by atoms with E-state index in [2.05, 4.69) is 25.2 Å². The lowest BCUT2D eigenvalue weighted by Gasteiger charge is -2.23. The number of benzene rings is 1. The quantitative estimate of drug-likeness (QED) is 0.220. The number of amides is 1. The Morgan fingerprint density at radius 1 is 1.32 bits per heavy atom. The summed E-state index contributed by atoms with van der Waals surface area (Å²) < 4.78 is 4.51. The van der Waals surface area contributed by atoms with Gasteiger partial charge in [-0.25, -0.2) is 4.79 Å². The SMILES string of the molecule is COC(=O)/C=C1/S/C(=N\N=Cc2ccc(N(CCCl)CCCl)cc2C)NC1=O. The number of nitrogens with zero attached hydrogens (tertiary/aromatic N) is 3. The molecule has 0 unspecified atom stereocenters. The molecular weight excluding hydrogens is 423 g/mol. The molecule has 2 rings (SSSR count). The number of carbonyl (C=O) groups excluding carboxylic acids is 2. The summed E-state index contributed by atoms with van der Waals surface area (Å²) in [6.07, 6.45) is 2.72. The number of alkyl halides is 2. The monoisotopic (exact) mass is 442 g/mol. The number of rotatable bonds is 8. The highest BCUT2D eigenvalue weighted by Gasteiger charge is 2.25. The van der Waals surface area contributed by atoms with Crippen molar-refractivity contribution in [2.75, 3.05) is 36.9 Å². The molecule has 0 spiro atoms. The minimum atomic E-state index is -0.601. The fourth-order valence-electron chi connectivity index (χ4n) is 2.36. The van der Waals surface area contributed by atoms with Gasteiger partial charge in [-0.1, -0.05) is 6.07 Å². The van der Waals surface area contributed by atoms with Crippen LogP contribution in [0.1, 0.15) is 11.1 Å². The summed E-state index contributed by atoms with van der Waals surface area (Å²) in [6.45, 7) is 3.40. The number of nitrogens with one attached hydrogen (secondary N) is 1. The van der Waals surface area contributed by atoms with E-state index in [0.29, 0.717) is 30.0 Å². The van der Waals surface area contributed by atoms with Crippen LogP contribution in [0.3, 0.4) is 0 Å². The Morgan fingerprint density at radius 3 is 2.64 bits per heavy atom. The largest absolute Gasteiger partial charge is 0.466 e. The van der Waals surface area contributed by atoms with E-state index >= 15 is 0 Å². The average Bonchev–Trinajstić information content (AvgIpc) is 3.02. The van der Waals surface area contributed by atoms with Crippen molar-refractivity contribution in [2.24, 2.45) is 10.2 Å². The third-order valence-electron chi connectivity index (χ3n) is 3.77. The van der Waals surface area contributed by atoms with Crippen molar-refractivity contribution < 1.29 is 14.3 Å². The molecule has 0 saturated carbocycles. The Kier molecular flexibility index (Phi) is 8.82. The molecule has 10 heteroatoms. The molecule has 0 radical (unpaired) electrons. The van der Waals surface area contributed by atoms with Gasteiger partial charge in [-0.2, -0.15) is 5.10 Å². The number of carbonyl (C=O) groups is 2. The Hall–Kier alpha value is -2.03. The molecule has 1 aliphatic heterocycles. The topological polar surface area (TPSA) is 83.4 Å². The fraction of sp³-hybridized carbons (Fsp3) is 0.333. The van der Waals surface area contributed by atoms with Crippen LogP contribution in [-0.4, -0.2) is 55.2 Å². The van der Waals surface area contributed by atoms with E-state index < -0.39 is 11.9 Å². The Morgan fingerprint density at radius 2 is 2.04 bits per heavy atom. The van der Waals surface area contributed by atoms with Crippen molar-refractivity contribution >= 4 is 63.9 Å². The maximum Gasteiger partial charge on any atom is 0.331 e. The highest BCUT2D eigenvalue weighted by Crippen LogP contribution is 2.23. The summed E-state index contributed by atoms with van der Waals surface area (Å²) >= 11 is 12.7. The van der Waals surface area contributed by atoms with Gasteiger partial charge in [-0.05, 0) is 41.9 Å². The molecule has 1 N–H and O–H groups in total. The summed E-state index contributed by atoms with van der Waals surface area (Å²) in [7, 11) is 1.24. The van der Waals surface area contributed by atoms with Gasteiger partial charge in [0.05, 0.1) is 18.2 Å². The summed E-state index contributed by atoms with van der Waals surface area (Å²) in [5.74, 6) is 0.0258. The lowest BCUT2D eigenvalue weighted by molar-refractivity contribution is -0.135. The van der Waals surface area contributed by atoms with Crippen molar-refractivity contribution in [3.8, 4) is 0 Å². The predicted octanol–water partition coefficient (Wildman–Crippen LogP) is 2.89. The van der Waals surface area contributed by atoms with Crippen molar-refractivity contribution in [1.29, 1.82) is 0 Å². The van der Waals surface area contributed by atoms with Gasteiger partial charge in [0, 0.05) is 36.6 Å². The molecule has 0 bridgehead atoms. The highest BCUT2D eigenvalue weighted by molar-refractivity contribution is 8.18. The molecular formula is C18H20Cl2N4O3S. The molecule has 1 aliphatic rings. The first-order valence-corrected chi connectivity index (χ1v) is 10.2. The number of hydrogen-bond donors (Lipinski definition) is 1. The van der Waals surface area contributed by atoms with Crippen LogP contribution in [0.15, 0.2) is 39.4 Å². The summed E-state index contributed by atoms with van der Waals surface area (Å²) in [5, 5.41) is 10.8. The first kappa shape index (κ1) is 22.3. The van der Waals surface area contributed by atoms with Crippen LogP contribution in [0, 0.1) is 6.92 Å². The average molecular weight is 443 g/mol. The second-order valence-corrected chi connectivity index (χ2v) is 7.43. The van der Waals surface area contributed by atoms with Crippen LogP contribution in [-0.2, 0) is 14.3 Å². The van der Waals surface area contributed by atoms with Crippen LogP contribution < -0.4 is 10.2 Å². The van der Waals surface area contributed by atoms with Crippen molar-refractivity contribution in [1.82, 2.24) is 5.32 Å². The molecule has 0 aromatic heterocycles. The minimum absolute atomic E-state index is 0.208. The van der Waals surface area contributed by atoms with E-state index in [1.54, 1.807) is 6.21 Å². The maximum atomic E-state index is 11.8. The lowest BCUT2D eigenvalue weighted by Crippen LogP contribution is -2.27. The maximum absolute atomic E-state index is 11.8. The Labute approximate surface area is 177 Å². The van der Waals surface area contributed by atoms with Gasteiger partial charge in [0.2, 0.25) is 0 Å². The van der Waals surface area contributed by atoms with Gasteiger partial charge in [-0.15, -0.1) is 28.3 Å². The zero-order chi connectivity index (χ0) is 20.5. The fourth-order valence-corrected chi connectivity index (χ4v) is 3.51. The van der Waals surface area contributed by atoms with Gasteiger partial charge >= 0.3 is 5.97 Å². The van der Waals surface area contributed by atoms with Crippen molar-refractivity contribution in [2.45, 2.75) is 6.92 Å². The predicted molar refractivity (Wildman–Crippen MR) is 116 cm³/mol. The van der Waals surface area contributed by atoms with Gasteiger partial charge in [-0.3, -0.25) is 10.1 Å². The number of aryl methyl sites for hydroxylation is 1. The van der Waals surface area contributed by atoms with E-state index in [1.165, 1.54) is 7.11 Å². The minimum Gasteiger partial charge on any atom is -0.466 e. The molecule has 150 valence electrons. The van der Waals surface area contributed by atoms with Crippen LogP contribution in [0.2, 0.25) is 0 Å². The molecule has 0 aliphatic carbocycles. The zero-order valence-electron chi connectivity index (χ0n) is 15.4. The number of methoxy groups -OCH3 is 1. The number of hydrogen-bond acceptors (Lipinski definition) is 7. The number of anilines is 1. The zero-order valence-corrected chi connectivity index (χ0v) is 17.8. The van der Waals surface area contributed by atoms with Gasteiger partial charge in [0.25, 0.3) is 5.91 Å². The highest BCUT2D eigenvalue weighted by atomic mass is 35.5. The van der Waals surface area contributed by atoms with Crippen LogP contribution in [0.4, 0.5) is 5.69 Å². The van der Waals surface area contributed by atoms with Gasteiger partial charge < -0.3 is 9.64 Å². The first-order chi connectivity index (χ1) is 13.5. The standard InChI is InChI=1S/C18H20Cl2N4O3S/c1-12-9-14(24(7-5-19)8-6-20)4-3-13(12)11-21-23-18-22-17(26)15(28-18)10-16(25)27-2/h3-4,9-11H,5-8H2,1-2H3,(H,22,23,26)/b15-10+,21-11?. The molecule has 1 fully saturated rings. The number of amidine groups is 1. The number of esters is 1. The van der Waals surface area contributed by atoms with E-state index in [4.69, 9.17) is 23.2 Å². The Bertz CT molecular complexity index is 821. The molecule has 1 aromatic rings. The van der Waals surface area contributed by atoms with Crippen molar-refractivity contribution in [3.05, 3.63) is 40.3 Å². The lowest BCUT2D eigenvalue weighted by atomic mass is 10.1. The third-order valence-corrected chi connectivity index (χ3v) is 5.01. The number of ether oxygens (including phenoxy) is 1. The van der Waals surface area contributed by atoms with E-state index in [1.807, 2.05) is 25.1 Å². The van der Waals surface area contributed by atoms with Crippen LogP contribution in [0.5, 0.6) is 0 Å². The Balaban J connectivity index is 2.08.